The van der Waals surface area contributed by atoms with Gasteiger partial charge in [-0.1, -0.05) is 55.8 Å². The summed E-state index contributed by atoms with van der Waals surface area (Å²) in [5, 5.41) is 17.8. The second kappa shape index (κ2) is 13.8. The number of halogens is 2. The molecule has 0 bridgehead atoms. The first-order valence-electron chi connectivity index (χ1n) is 13.8. The number of carbonyl (C=O) groups is 2. The van der Waals surface area contributed by atoms with Gasteiger partial charge in [-0.05, 0) is 51.0 Å². The molecule has 0 aromatic heterocycles. The van der Waals surface area contributed by atoms with E-state index >= 15 is 4.39 Å². The molecule has 1 heterocycles. The van der Waals surface area contributed by atoms with Crippen LogP contribution in [0.5, 0.6) is 0 Å². The summed E-state index contributed by atoms with van der Waals surface area (Å²) in [5.41, 5.74) is 4.87. The Morgan fingerprint density at radius 3 is 2.65 bits per heavy atom. The highest BCUT2D eigenvalue weighted by molar-refractivity contribution is 6.30. The van der Waals surface area contributed by atoms with Crippen molar-refractivity contribution in [1.82, 2.24) is 15.5 Å². The molecule has 1 saturated heterocycles. The van der Waals surface area contributed by atoms with Gasteiger partial charge in [-0.15, -0.1) is 0 Å². The molecule has 1 aliphatic heterocycles. The van der Waals surface area contributed by atoms with E-state index in [0.29, 0.717) is 44.8 Å². The van der Waals surface area contributed by atoms with Crippen molar-refractivity contribution in [2.45, 2.75) is 95.7 Å². The molecule has 1 unspecified atom stereocenters. The van der Waals surface area contributed by atoms with Crippen molar-refractivity contribution in [3.8, 4) is 0 Å². The van der Waals surface area contributed by atoms with Crippen LogP contribution in [-0.4, -0.2) is 53.7 Å². The predicted molar refractivity (Wildman–Crippen MR) is 145 cm³/mol. The van der Waals surface area contributed by atoms with Crippen LogP contribution in [0.2, 0.25) is 5.02 Å². The third-order valence-electron chi connectivity index (χ3n) is 8.17. The van der Waals surface area contributed by atoms with E-state index in [9.17, 15) is 14.7 Å². The van der Waals surface area contributed by atoms with Crippen LogP contribution in [0.25, 0.3) is 0 Å². The maximum atomic E-state index is 15.2. The minimum absolute atomic E-state index is 0.0503. The summed E-state index contributed by atoms with van der Waals surface area (Å²) in [6.45, 7) is 4.60. The lowest BCUT2D eigenvalue weighted by atomic mass is 9.74. The first-order chi connectivity index (χ1) is 17.6. The lowest BCUT2D eigenvalue weighted by Gasteiger charge is -2.43. The molecule has 3 rings (SSSR count). The summed E-state index contributed by atoms with van der Waals surface area (Å²) in [7, 11) is 0. The molecular formula is C28H44ClFN4O3. The molecule has 5 N–H and O–H groups in total. The van der Waals surface area contributed by atoms with Crippen LogP contribution in [0.3, 0.4) is 0 Å². The van der Waals surface area contributed by atoms with Gasteiger partial charge in [0.15, 0.2) is 0 Å². The molecule has 0 spiro atoms. The highest BCUT2D eigenvalue weighted by Crippen LogP contribution is 2.41. The van der Waals surface area contributed by atoms with Gasteiger partial charge in [-0.2, -0.15) is 0 Å². The van der Waals surface area contributed by atoms with E-state index in [-0.39, 0.29) is 46.9 Å². The van der Waals surface area contributed by atoms with Crippen molar-refractivity contribution in [1.29, 1.82) is 0 Å². The van der Waals surface area contributed by atoms with Crippen LogP contribution in [0.15, 0.2) is 18.2 Å². The van der Waals surface area contributed by atoms with Crippen LogP contribution >= 0.6 is 11.6 Å². The molecule has 2 aliphatic rings. The summed E-state index contributed by atoms with van der Waals surface area (Å²) >= 11 is 6.08. The van der Waals surface area contributed by atoms with Crippen LogP contribution in [-0.2, 0) is 10.4 Å². The van der Waals surface area contributed by atoms with Crippen molar-refractivity contribution in [3.63, 3.8) is 0 Å². The zero-order valence-electron chi connectivity index (χ0n) is 22.3. The Bertz CT molecular complexity index is 911. The Morgan fingerprint density at radius 2 is 1.97 bits per heavy atom. The van der Waals surface area contributed by atoms with E-state index in [2.05, 4.69) is 10.6 Å². The summed E-state index contributed by atoms with van der Waals surface area (Å²) in [6.07, 6.45) is 9.02. The highest BCUT2D eigenvalue weighted by atomic mass is 35.5. The van der Waals surface area contributed by atoms with Crippen molar-refractivity contribution in [2.24, 2.45) is 17.6 Å². The topological polar surface area (TPSA) is 108 Å². The lowest BCUT2D eigenvalue weighted by Crippen LogP contribution is -2.55. The minimum Gasteiger partial charge on any atom is -0.385 e. The van der Waals surface area contributed by atoms with E-state index in [4.69, 9.17) is 17.3 Å². The Kier molecular flexibility index (Phi) is 11.0. The number of aliphatic hydroxyl groups is 1. The van der Waals surface area contributed by atoms with Gasteiger partial charge in [-0.25, -0.2) is 9.18 Å². The van der Waals surface area contributed by atoms with Gasteiger partial charge in [-0.3, -0.25) is 4.79 Å². The minimum atomic E-state index is -1.53. The predicted octanol–water partition coefficient (Wildman–Crippen LogP) is 4.69. The van der Waals surface area contributed by atoms with Crippen LogP contribution in [0, 0.1) is 17.7 Å². The largest absolute Gasteiger partial charge is 0.385 e. The number of nitrogens with two attached hydrogens (primary N) is 1. The Labute approximate surface area is 225 Å². The third-order valence-corrected chi connectivity index (χ3v) is 8.46. The van der Waals surface area contributed by atoms with Crippen LogP contribution < -0.4 is 16.4 Å². The number of nitrogens with one attached hydrogen (secondary N) is 2. The number of carbonyl (C=O) groups excluding carboxylic acids is 2. The molecule has 9 heteroatoms. The van der Waals surface area contributed by atoms with Crippen molar-refractivity contribution in [3.05, 3.63) is 34.6 Å². The van der Waals surface area contributed by atoms with Crippen molar-refractivity contribution < 1.29 is 19.1 Å². The highest BCUT2D eigenvalue weighted by Gasteiger charge is 2.43. The Hall–Kier alpha value is -1.90. The number of likely N-dealkylation sites (tertiary alicyclic amines) is 1. The van der Waals surface area contributed by atoms with Gasteiger partial charge in [0.05, 0.1) is 10.6 Å². The maximum Gasteiger partial charge on any atom is 0.317 e. The summed E-state index contributed by atoms with van der Waals surface area (Å²) in [4.78, 5) is 26.4. The maximum absolute atomic E-state index is 15.2. The van der Waals surface area contributed by atoms with Gasteiger partial charge < -0.3 is 26.4 Å². The molecule has 1 aromatic rings. The van der Waals surface area contributed by atoms with Gasteiger partial charge >= 0.3 is 6.03 Å². The van der Waals surface area contributed by atoms with Crippen LogP contribution in [0.4, 0.5) is 9.18 Å². The Morgan fingerprint density at radius 1 is 1.24 bits per heavy atom. The summed E-state index contributed by atoms with van der Waals surface area (Å²) in [5.74, 6) is -0.602. The SMILES string of the molecule is CC(=O)NCCC[C@](O)(c1cccc(Cl)c1F)C1CCCN(C(=O)N[C@@H](CC2CCCCC2)[C@@H](C)N)C1. The number of benzene rings is 1. The number of amides is 3. The van der Waals surface area contributed by atoms with Gasteiger partial charge in [0.2, 0.25) is 5.91 Å². The summed E-state index contributed by atoms with van der Waals surface area (Å²) in [6, 6.07) is 4.19. The van der Waals surface area contributed by atoms with Gasteiger partial charge in [0.1, 0.15) is 5.82 Å². The molecule has 7 nitrogen and oxygen atoms in total. The molecule has 2 fully saturated rings. The molecule has 1 saturated carbocycles. The zero-order valence-corrected chi connectivity index (χ0v) is 23.0. The number of hydrogen-bond acceptors (Lipinski definition) is 4. The smallest absolute Gasteiger partial charge is 0.317 e. The normalized spacial score (nSPS) is 22.1. The quantitative estimate of drug-likeness (QED) is 0.324. The molecule has 37 heavy (non-hydrogen) atoms. The molecule has 3 amide bonds. The van der Waals surface area contributed by atoms with Crippen molar-refractivity contribution in [2.75, 3.05) is 19.6 Å². The standard InChI is InChI=1S/C28H44ClFN4O3/c1-19(31)25(17-21-9-4-3-5-10-21)33-27(36)34-16-7-11-22(18-34)28(37,14-8-15-32-20(2)35)23-12-6-13-24(29)26(23)30/h6,12-13,19,21-22,25,37H,3-5,7-11,14-18,31H2,1-2H3,(H,32,35)(H,33,36)/t19-,22?,25+,28-/m1/s1. The van der Waals surface area contributed by atoms with E-state index in [1.165, 1.54) is 45.1 Å². The van der Waals surface area contributed by atoms with E-state index in [1.54, 1.807) is 17.0 Å². The van der Waals surface area contributed by atoms with E-state index in [1.807, 2.05) is 6.92 Å². The third kappa shape index (κ3) is 8.04. The first-order valence-corrected chi connectivity index (χ1v) is 14.2. The molecule has 1 aliphatic carbocycles. The molecule has 0 radical (unpaired) electrons. The van der Waals surface area contributed by atoms with Crippen LogP contribution in [0.1, 0.15) is 83.6 Å². The fraction of sp³-hybridized carbons (Fsp3) is 0.714. The molecule has 4 atom stereocenters. The van der Waals surface area contributed by atoms with Gasteiger partial charge in [0.25, 0.3) is 0 Å². The molecule has 1 aromatic carbocycles. The average molecular weight is 539 g/mol. The second-order valence-corrected chi connectivity index (χ2v) is 11.5. The lowest BCUT2D eigenvalue weighted by molar-refractivity contribution is -0.119. The number of piperidine rings is 1. The number of urea groups is 1. The monoisotopic (exact) mass is 538 g/mol. The van der Waals surface area contributed by atoms with E-state index < -0.39 is 11.4 Å². The molecular weight excluding hydrogens is 495 g/mol. The van der Waals surface area contributed by atoms with Gasteiger partial charge in [0, 0.05) is 50.1 Å². The Balaban J connectivity index is 1.74. The van der Waals surface area contributed by atoms with Crippen molar-refractivity contribution >= 4 is 23.5 Å². The first kappa shape index (κ1) is 29.7. The number of hydrogen-bond donors (Lipinski definition) is 4. The summed E-state index contributed by atoms with van der Waals surface area (Å²) < 4.78 is 15.2. The number of nitrogens with zero attached hydrogens (tertiary/aromatic N) is 1. The average Bonchev–Trinajstić information content (AvgIpc) is 2.88. The molecule has 208 valence electrons. The second-order valence-electron chi connectivity index (χ2n) is 11.1. The fourth-order valence-electron chi connectivity index (χ4n) is 6.01. The van der Waals surface area contributed by atoms with E-state index in [0.717, 1.165) is 6.42 Å². The number of rotatable bonds is 10. The zero-order chi connectivity index (χ0) is 27.0. The fourth-order valence-corrected chi connectivity index (χ4v) is 6.18.